The molecule has 2 N–H and O–H groups in total. The summed E-state index contributed by atoms with van der Waals surface area (Å²) < 4.78 is 7.15. The minimum atomic E-state index is 0.387. The average molecular weight is 272 g/mol. The van der Waals surface area contributed by atoms with Crippen LogP contribution in [0.4, 0.5) is 5.95 Å². The van der Waals surface area contributed by atoms with Gasteiger partial charge in [0.15, 0.2) is 0 Å². The summed E-state index contributed by atoms with van der Waals surface area (Å²) in [4.78, 5) is 4.11. The van der Waals surface area contributed by atoms with Gasteiger partial charge in [0.25, 0.3) is 0 Å². The summed E-state index contributed by atoms with van der Waals surface area (Å²) in [6.45, 7) is 5.33. The summed E-state index contributed by atoms with van der Waals surface area (Å²) in [6, 6.07) is 8.03. The normalized spacial score (nSPS) is 11.3. The number of benzene rings is 1. The lowest BCUT2D eigenvalue weighted by Crippen LogP contribution is -2.00. The van der Waals surface area contributed by atoms with Crippen LogP contribution < -0.4 is 5.73 Å². The summed E-state index contributed by atoms with van der Waals surface area (Å²) in [5.74, 6) is 0.387. The average Bonchev–Trinajstić information content (AvgIpc) is 2.76. The fourth-order valence-corrected chi connectivity index (χ4v) is 1.84. The molecule has 1 heterocycles. The monoisotopic (exact) mass is 272 g/mol. The molecule has 0 saturated heterocycles. The molecular formula is C15H20N4O. The number of nitrogen functional groups attached to an aromatic ring is 1. The Morgan fingerprint density at radius 3 is 2.90 bits per heavy atom. The van der Waals surface area contributed by atoms with Crippen molar-refractivity contribution in [1.82, 2.24) is 9.66 Å². The molecule has 0 amide bonds. The lowest BCUT2D eigenvalue weighted by atomic mass is 10.1. The van der Waals surface area contributed by atoms with E-state index >= 15 is 0 Å². The molecule has 0 atom stereocenters. The van der Waals surface area contributed by atoms with Crippen molar-refractivity contribution >= 4 is 12.2 Å². The quantitative estimate of drug-likeness (QED) is 0.649. The lowest BCUT2D eigenvalue weighted by Gasteiger charge is -2.06. The number of aryl methyl sites for hydroxylation is 1. The number of nitrogens with two attached hydrogens (primary N) is 1. The van der Waals surface area contributed by atoms with Crippen molar-refractivity contribution in [3.05, 3.63) is 47.3 Å². The highest BCUT2D eigenvalue weighted by atomic mass is 16.5. The van der Waals surface area contributed by atoms with Crippen LogP contribution in [-0.4, -0.2) is 22.5 Å². The van der Waals surface area contributed by atoms with E-state index in [1.165, 1.54) is 0 Å². The van der Waals surface area contributed by atoms with E-state index in [2.05, 4.69) is 17.0 Å². The fraction of sp³-hybridized carbons (Fsp3) is 0.333. The van der Waals surface area contributed by atoms with Gasteiger partial charge in [0, 0.05) is 12.2 Å². The van der Waals surface area contributed by atoms with E-state index in [4.69, 9.17) is 10.5 Å². The first-order chi connectivity index (χ1) is 9.70. The van der Waals surface area contributed by atoms with Crippen molar-refractivity contribution in [3.63, 3.8) is 0 Å². The largest absolute Gasteiger partial charge is 0.377 e. The van der Waals surface area contributed by atoms with Gasteiger partial charge in [-0.25, -0.2) is 9.66 Å². The van der Waals surface area contributed by atoms with Gasteiger partial charge in [-0.2, -0.15) is 5.10 Å². The molecule has 0 radical (unpaired) electrons. The maximum atomic E-state index is 5.76. The molecule has 0 unspecified atom stereocenters. The molecule has 106 valence electrons. The molecule has 5 nitrogen and oxygen atoms in total. The predicted molar refractivity (Wildman–Crippen MR) is 80.8 cm³/mol. The molecule has 0 aliphatic heterocycles. The van der Waals surface area contributed by atoms with Crippen molar-refractivity contribution in [3.8, 4) is 0 Å². The van der Waals surface area contributed by atoms with E-state index in [1.807, 2.05) is 31.2 Å². The third-order valence-corrected chi connectivity index (χ3v) is 2.82. The van der Waals surface area contributed by atoms with Crippen LogP contribution in [0.3, 0.4) is 0 Å². The molecule has 0 aliphatic rings. The van der Waals surface area contributed by atoms with Crippen molar-refractivity contribution in [1.29, 1.82) is 0 Å². The molecule has 1 aromatic heterocycles. The second-order valence-corrected chi connectivity index (χ2v) is 4.58. The minimum absolute atomic E-state index is 0.387. The van der Waals surface area contributed by atoms with E-state index in [1.54, 1.807) is 17.1 Å². The Kier molecular flexibility index (Phi) is 4.90. The third-order valence-electron chi connectivity index (χ3n) is 2.82. The van der Waals surface area contributed by atoms with E-state index in [0.717, 1.165) is 29.8 Å². The standard InChI is InChI=1S/C15H20N4O/c1-3-8-20-11-14-7-5-4-6-13(14)9-17-19-10-12(2)18-15(19)16/h4-7,9-10H,3,8,11H2,1-2H3,(H2,16,18). The van der Waals surface area contributed by atoms with E-state index in [-0.39, 0.29) is 0 Å². The Morgan fingerprint density at radius 1 is 1.40 bits per heavy atom. The van der Waals surface area contributed by atoms with E-state index in [0.29, 0.717) is 12.6 Å². The maximum absolute atomic E-state index is 5.76. The Hall–Kier alpha value is -2.14. The van der Waals surface area contributed by atoms with Gasteiger partial charge in [0.05, 0.1) is 24.7 Å². The summed E-state index contributed by atoms with van der Waals surface area (Å²) in [7, 11) is 0. The summed E-state index contributed by atoms with van der Waals surface area (Å²) in [5.41, 5.74) is 8.74. The van der Waals surface area contributed by atoms with Crippen LogP contribution in [0.25, 0.3) is 0 Å². The predicted octanol–water partition coefficient (Wildman–Crippen LogP) is 2.58. The van der Waals surface area contributed by atoms with Crippen molar-refractivity contribution in [2.75, 3.05) is 12.3 Å². The van der Waals surface area contributed by atoms with E-state index < -0.39 is 0 Å². The van der Waals surface area contributed by atoms with Gasteiger partial charge in [-0.3, -0.25) is 0 Å². The fourth-order valence-electron chi connectivity index (χ4n) is 1.84. The van der Waals surface area contributed by atoms with Gasteiger partial charge < -0.3 is 10.5 Å². The van der Waals surface area contributed by atoms with E-state index in [9.17, 15) is 0 Å². The van der Waals surface area contributed by atoms with Crippen LogP contribution in [0.1, 0.15) is 30.2 Å². The molecule has 0 bridgehead atoms. The van der Waals surface area contributed by atoms with Gasteiger partial charge in [0.2, 0.25) is 5.95 Å². The third kappa shape index (κ3) is 3.68. The van der Waals surface area contributed by atoms with Crippen molar-refractivity contribution in [2.45, 2.75) is 26.9 Å². The zero-order valence-corrected chi connectivity index (χ0v) is 11.9. The van der Waals surface area contributed by atoms with Gasteiger partial charge in [-0.05, 0) is 18.9 Å². The van der Waals surface area contributed by atoms with Crippen LogP contribution in [-0.2, 0) is 11.3 Å². The van der Waals surface area contributed by atoms with Crippen LogP contribution in [0, 0.1) is 6.92 Å². The molecule has 0 saturated carbocycles. The first-order valence-electron chi connectivity index (χ1n) is 6.72. The maximum Gasteiger partial charge on any atom is 0.221 e. The molecule has 20 heavy (non-hydrogen) atoms. The van der Waals surface area contributed by atoms with Crippen LogP contribution in [0.2, 0.25) is 0 Å². The highest BCUT2D eigenvalue weighted by Gasteiger charge is 2.01. The molecule has 0 fully saturated rings. The molecular weight excluding hydrogens is 252 g/mol. The number of imidazole rings is 1. The van der Waals surface area contributed by atoms with Crippen molar-refractivity contribution < 1.29 is 4.74 Å². The number of anilines is 1. The molecule has 0 spiro atoms. The Bertz CT molecular complexity index is 589. The smallest absolute Gasteiger partial charge is 0.221 e. The summed E-state index contributed by atoms with van der Waals surface area (Å²) >= 11 is 0. The number of ether oxygens (including phenoxy) is 1. The van der Waals surface area contributed by atoms with Gasteiger partial charge in [-0.15, -0.1) is 0 Å². The highest BCUT2D eigenvalue weighted by Crippen LogP contribution is 2.09. The van der Waals surface area contributed by atoms with Gasteiger partial charge >= 0.3 is 0 Å². The first-order valence-corrected chi connectivity index (χ1v) is 6.72. The zero-order valence-electron chi connectivity index (χ0n) is 11.9. The van der Waals surface area contributed by atoms with Gasteiger partial charge in [0.1, 0.15) is 0 Å². The molecule has 5 heteroatoms. The van der Waals surface area contributed by atoms with Crippen LogP contribution >= 0.6 is 0 Å². The number of rotatable bonds is 6. The number of aromatic nitrogens is 2. The number of hydrogen-bond acceptors (Lipinski definition) is 4. The number of hydrogen-bond donors (Lipinski definition) is 1. The second kappa shape index (κ2) is 6.86. The second-order valence-electron chi connectivity index (χ2n) is 4.58. The Balaban J connectivity index is 2.14. The molecule has 1 aromatic carbocycles. The molecule has 0 aliphatic carbocycles. The summed E-state index contributed by atoms with van der Waals surface area (Å²) in [5, 5.41) is 4.33. The SMILES string of the molecule is CCCOCc1ccccc1C=Nn1cc(C)nc1N. The Labute approximate surface area is 119 Å². The molecule has 2 aromatic rings. The minimum Gasteiger partial charge on any atom is -0.377 e. The zero-order chi connectivity index (χ0) is 14.4. The highest BCUT2D eigenvalue weighted by molar-refractivity contribution is 5.81. The first kappa shape index (κ1) is 14.3. The lowest BCUT2D eigenvalue weighted by molar-refractivity contribution is 0.121. The topological polar surface area (TPSA) is 65.4 Å². The molecule has 2 rings (SSSR count). The number of nitrogens with zero attached hydrogens (tertiary/aromatic N) is 3. The summed E-state index contributed by atoms with van der Waals surface area (Å²) in [6.07, 6.45) is 4.59. The van der Waals surface area contributed by atoms with Crippen LogP contribution in [0.5, 0.6) is 0 Å². The van der Waals surface area contributed by atoms with Crippen molar-refractivity contribution in [2.24, 2.45) is 5.10 Å². The van der Waals surface area contributed by atoms with Crippen LogP contribution in [0.15, 0.2) is 35.6 Å². The Morgan fingerprint density at radius 2 is 2.20 bits per heavy atom. The van der Waals surface area contributed by atoms with Gasteiger partial charge in [-0.1, -0.05) is 31.2 Å².